The second-order valence-corrected chi connectivity index (χ2v) is 7.31. The van der Waals surface area contributed by atoms with Crippen LogP contribution >= 0.6 is 15.9 Å². The molecule has 2 aromatic carbocycles. The van der Waals surface area contributed by atoms with Crippen LogP contribution in [0.5, 0.6) is 0 Å². The minimum atomic E-state index is -0.546. The number of nitro benzene ring substituents is 1. The number of non-ortho nitro benzene ring substituents is 1. The van der Waals surface area contributed by atoms with Crippen LogP contribution in [0.25, 0.3) is 10.9 Å². The summed E-state index contributed by atoms with van der Waals surface area (Å²) in [6, 6.07) is 13.0. The molecule has 3 aromatic rings. The van der Waals surface area contributed by atoms with Crippen molar-refractivity contribution in [1.29, 1.82) is 0 Å². The molecule has 1 heterocycles. The van der Waals surface area contributed by atoms with Gasteiger partial charge in [-0.05, 0) is 29.8 Å². The van der Waals surface area contributed by atoms with E-state index >= 15 is 0 Å². The standard InChI is InChI=1S/C20H18BrN3O5/c1-29-20(26)11-17(13-3-2-4-15(21)9-13)22-19(25)12-23-8-7-14-10-16(24(27)28)5-6-18(14)23/h2-10,17H,11-12H2,1H3,(H,22,25). The summed E-state index contributed by atoms with van der Waals surface area (Å²) in [7, 11) is 1.30. The zero-order chi connectivity index (χ0) is 21.0. The smallest absolute Gasteiger partial charge is 0.307 e. The summed E-state index contributed by atoms with van der Waals surface area (Å²) < 4.78 is 7.28. The first kappa shape index (κ1) is 20.5. The number of nitrogens with zero attached hydrogens (tertiary/aromatic N) is 2. The molecule has 0 saturated heterocycles. The molecule has 1 aromatic heterocycles. The fourth-order valence-electron chi connectivity index (χ4n) is 3.06. The molecule has 1 atom stereocenters. The Morgan fingerprint density at radius 3 is 2.72 bits per heavy atom. The number of methoxy groups -OCH3 is 1. The third kappa shape index (κ3) is 5.00. The topological polar surface area (TPSA) is 103 Å². The van der Waals surface area contributed by atoms with Gasteiger partial charge in [-0.15, -0.1) is 0 Å². The Morgan fingerprint density at radius 1 is 1.24 bits per heavy atom. The van der Waals surface area contributed by atoms with Gasteiger partial charge < -0.3 is 14.6 Å². The first-order valence-corrected chi connectivity index (χ1v) is 9.51. The van der Waals surface area contributed by atoms with E-state index in [1.165, 1.54) is 19.2 Å². The summed E-state index contributed by atoms with van der Waals surface area (Å²) in [5.74, 6) is -0.733. The average Bonchev–Trinajstić information content (AvgIpc) is 3.09. The highest BCUT2D eigenvalue weighted by molar-refractivity contribution is 9.10. The predicted octanol–water partition coefficient (Wildman–Crippen LogP) is 3.73. The van der Waals surface area contributed by atoms with Crippen LogP contribution in [-0.4, -0.2) is 28.5 Å². The number of hydrogen-bond acceptors (Lipinski definition) is 5. The Bertz CT molecular complexity index is 1080. The van der Waals surface area contributed by atoms with Crippen molar-refractivity contribution in [3.63, 3.8) is 0 Å². The van der Waals surface area contributed by atoms with Crippen LogP contribution in [0.15, 0.2) is 59.2 Å². The van der Waals surface area contributed by atoms with Crippen LogP contribution in [0.1, 0.15) is 18.0 Å². The van der Waals surface area contributed by atoms with Crippen molar-refractivity contribution >= 4 is 44.4 Å². The zero-order valence-electron chi connectivity index (χ0n) is 15.5. The van der Waals surface area contributed by atoms with Crippen LogP contribution in [0.3, 0.4) is 0 Å². The lowest BCUT2D eigenvalue weighted by Gasteiger charge is -2.19. The minimum absolute atomic E-state index is 0.00266. The number of ether oxygens (including phenoxy) is 1. The van der Waals surface area contributed by atoms with E-state index in [1.807, 2.05) is 24.3 Å². The number of carbonyl (C=O) groups is 2. The Labute approximate surface area is 174 Å². The lowest BCUT2D eigenvalue weighted by molar-refractivity contribution is -0.384. The highest BCUT2D eigenvalue weighted by atomic mass is 79.9. The molecule has 3 rings (SSSR count). The van der Waals surface area contributed by atoms with Gasteiger partial charge in [-0.3, -0.25) is 19.7 Å². The highest BCUT2D eigenvalue weighted by Crippen LogP contribution is 2.23. The summed E-state index contributed by atoms with van der Waals surface area (Å²) in [5.41, 5.74) is 1.47. The van der Waals surface area contributed by atoms with Gasteiger partial charge in [0.2, 0.25) is 5.91 Å². The summed E-state index contributed by atoms with van der Waals surface area (Å²) in [5, 5.41) is 14.5. The monoisotopic (exact) mass is 459 g/mol. The summed E-state index contributed by atoms with van der Waals surface area (Å²) in [6.07, 6.45) is 1.69. The molecular formula is C20H18BrN3O5. The van der Waals surface area contributed by atoms with Gasteiger partial charge in [0.05, 0.1) is 24.5 Å². The average molecular weight is 460 g/mol. The SMILES string of the molecule is COC(=O)CC(NC(=O)Cn1ccc2cc([N+](=O)[O-])ccc21)c1cccc(Br)c1. The van der Waals surface area contributed by atoms with Gasteiger partial charge >= 0.3 is 5.97 Å². The first-order chi connectivity index (χ1) is 13.9. The Morgan fingerprint density at radius 2 is 2.03 bits per heavy atom. The third-order valence-corrected chi connectivity index (χ3v) is 4.96. The maximum absolute atomic E-state index is 12.7. The van der Waals surface area contributed by atoms with E-state index in [4.69, 9.17) is 4.74 Å². The van der Waals surface area contributed by atoms with Crippen molar-refractivity contribution in [3.05, 3.63) is 74.9 Å². The van der Waals surface area contributed by atoms with Crippen LogP contribution in [-0.2, 0) is 20.9 Å². The van der Waals surface area contributed by atoms with Crippen LogP contribution in [0.4, 0.5) is 5.69 Å². The van der Waals surface area contributed by atoms with Crippen molar-refractivity contribution in [1.82, 2.24) is 9.88 Å². The van der Waals surface area contributed by atoms with Crippen molar-refractivity contribution in [2.45, 2.75) is 19.0 Å². The second kappa shape index (κ2) is 8.87. The predicted molar refractivity (Wildman–Crippen MR) is 110 cm³/mol. The zero-order valence-corrected chi connectivity index (χ0v) is 17.1. The molecule has 1 N–H and O–H groups in total. The number of rotatable bonds is 7. The van der Waals surface area contributed by atoms with E-state index < -0.39 is 16.9 Å². The molecule has 0 spiro atoms. The molecule has 150 valence electrons. The molecule has 0 aliphatic heterocycles. The van der Waals surface area contributed by atoms with Gasteiger partial charge in [-0.1, -0.05) is 28.1 Å². The van der Waals surface area contributed by atoms with E-state index in [1.54, 1.807) is 22.9 Å². The minimum Gasteiger partial charge on any atom is -0.469 e. The molecule has 1 unspecified atom stereocenters. The Kier molecular flexibility index (Phi) is 6.28. The van der Waals surface area contributed by atoms with E-state index in [-0.39, 0.29) is 24.6 Å². The Balaban J connectivity index is 1.78. The maximum Gasteiger partial charge on any atom is 0.307 e. The molecule has 1 amide bonds. The molecule has 0 radical (unpaired) electrons. The molecular weight excluding hydrogens is 442 g/mol. The molecule has 8 nitrogen and oxygen atoms in total. The van der Waals surface area contributed by atoms with E-state index in [2.05, 4.69) is 21.2 Å². The largest absolute Gasteiger partial charge is 0.469 e. The normalized spacial score (nSPS) is 11.8. The van der Waals surface area contributed by atoms with Crippen LogP contribution in [0, 0.1) is 10.1 Å². The number of aromatic nitrogens is 1. The van der Waals surface area contributed by atoms with Gasteiger partial charge in [-0.2, -0.15) is 0 Å². The fraction of sp³-hybridized carbons (Fsp3) is 0.200. The van der Waals surface area contributed by atoms with Crippen molar-refractivity contribution in [2.24, 2.45) is 0 Å². The number of halogens is 1. The van der Waals surface area contributed by atoms with Crippen molar-refractivity contribution in [2.75, 3.05) is 7.11 Å². The van der Waals surface area contributed by atoms with E-state index in [9.17, 15) is 19.7 Å². The number of benzene rings is 2. The van der Waals surface area contributed by atoms with E-state index in [0.717, 1.165) is 10.0 Å². The maximum atomic E-state index is 12.7. The molecule has 0 aliphatic rings. The molecule has 0 fully saturated rings. The molecule has 0 saturated carbocycles. The van der Waals surface area contributed by atoms with Gasteiger partial charge in [0.15, 0.2) is 0 Å². The Hall–Kier alpha value is -3.20. The third-order valence-electron chi connectivity index (χ3n) is 4.46. The van der Waals surface area contributed by atoms with E-state index in [0.29, 0.717) is 10.9 Å². The second-order valence-electron chi connectivity index (χ2n) is 6.40. The quantitative estimate of drug-likeness (QED) is 0.329. The number of nitrogens with one attached hydrogen (secondary N) is 1. The van der Waals surface area contributed by atoms with Crippen LogP contribution < -0.4 is 5.32 Å². The highest BCUT2D eigenvalue weighted by Gasteiger charge is 2.20. The van der Waals surface area contributed by atoms with Gasteiger partial charge in [0.1, 0.15) is 6.54 Å². The number of hydrogen-bond donors (Lipinski definition) is 1. The van der Waals surface area contributed by atoms with Crippen LogP contribution in [0.2, 0.25) is 0 Å². The molecule has 9 heteroatoms. The number of fused-ring (bicyclic) bond motifs is 1. The van der Waals surface area contributed by atoms with Gasteiger partial charge in [0, 0.05) is 33.7 Å². The summed E-state index contributed by atoms with van der Waals surface area (Å²) >= 11 is 3.39. The molecule has 29 heavy (non-hydrogen) atoms. The van der Waals surface area contributed by atoms with Crippen molar-refractivity contribution < 1.29 is 19.2 Å². The number of amides is 1. The number of carbonyl (C=O) groups excluding carboxylic acids is 2. The lowest BCUT2D eigenvalue weighted by atomic mass is 10.0. The lowest BCUT2D eigenvalue weighted by Crippen LogP contribution is -2.33. The number of esters is 1. The van der Waals surface area contributed by atoms with Gasteiger partial charge in [0.25, 0.3) is 5.69 Å². The summed E-state index contributed by atoms with van der Waals surface area (Å²) in [6.45, 7) is 0.00693. The van der Waals surface area contributed by atoms with Gasteiger partial charge in [-0.25, -0.2) is 0 Å². The van der Waals surface area contributed by atoms with Crippen molar-refractivity contribution in [3.8, 4) is 0 Å². The fourth-order valence-corrected chi connectivity index (χ4v) is 3.48. The summed E-state index contributed by atoms with van der Waals surface area (Å²) in [4.78, 5) is 34.9. The number of nitro groups is 1. The molecule has 0 aliphatic carbocycles. The first-order valence-electron chi connectivity index (χ1n) is 8.72. The molecule has 0 bridgehead atoms.